The highest BCUT2D eigenvalue weighted by molar-refractivity contribution is 7.87. The van der Waals surface area contributed by atoms with Gasteiger partial charge in [-0.2, -0.15) is 12.7 Å². The highest BCUT2D eigenvalue weighted by Crippen LogP contribution is 2.20. The van der Waals surface area contributed by atoms with Crippen LogP contribution in [-0.4, -0.2) is 38.3 Å². The fourth-order valence-corrected chi connectivity index (χ4v) is 3.96. The van der Waals surface area contributed by atoms with Gasteiger partial charge in [0.1, 0.15) is 5.75 Å². The van der Waals surface area contributed by atoms with Crippen LogP contribution < -0.4 is 9.46 Å². The van der Waals surface area contributed by atoms with E-state index in [9.17, 15) is 13.2 Å². The van der Waals surface area contributed by atoms with E-state index in [0.29, 0.717) is 18.8 Å². The number of nitrogens with one attached hydrogen (secondary N) is 1. The fraction of sp³-hybridized carbons (Fsp3) is 0.353. The number of amides is 1. The molecule has 0 spiro atoms. The number of fused-ring (bicyclic) bond motifs is 1. The average Bonchev–Trinajstić information content (AvgIpc) is 2.60. The van der Waals surface area contributed by atoms with Gasteiger partial charge in [0.25, 0.3) is 5.91 Å². The lowest BCUT2D eigenvalue weighted by Crippen LogP contribution is -2.46. The molecule has 0 atom stereocenters. The van der Waals surface area contributed by atoms with E-state index in [0.717, 1.165) is 30.0 Å². The molecule has 1 N–H and O–H groups in total. The van der Waals surface area contributed by atoms with Gasteiger partial charge in [0.2, 0.25) is 0 Å². The zero-order valence-corrected chi connectivity index (χ0v) is 14.1. The molecule has 1 saturated heterocycles. The third-order valence-corrected chi connectivity index (χ3v) is 5.52. The Kier molecular flexibility index (Phi) is 5.01. The molecule has 2 aromatic carbocycles. The Morgan fingerprint density at radius 2 is 1.75 bits per heavy atom. The van der Waals surface area contributed by atoms with Gasteiger partial charge < -0.3 is 4.74 Å². The first-order chi connectivity index (χ1) is 11.5. The molecule has 0 aliphatic carbocycles. The first-order valence-corrected chi connectivity index (χ1v) is 9.41. The first kappa shape index (κ1) is 16.7. The van der Waals surface area contributed by atoms with Crippen molar-refractivity contribution in [1.29, 1.82) is 0 Å². The Morgan fingerprint density at radius 1 is 1.04 bits per heavy atom. The van der Waals surface area contributed by atoms with Gasteiger partial charge >= 0.3 is 10.2 Å². The molecule has 2 aromatic rings. The SMILES string of the molecule is O=C(COc1ccc2ccccc2c1)NS(=O)(=O)N1CCCCC1. The van der Waals surface area contributed by atoms with Crippen LogP contribution in [0.1, 0.15) is 19.3 Å². The zero-order chi connectivity index (χ0) is 17.0. The number of hydrogen-bond donors (Lipinski definition) is 1. The molecular formula is C17H20N2O4S. The summed E-state index contributed by atoms with van der Waals surface area (Å²) in [4.78, 5) is 11.9. The Bertz CT molecular complexity index is 829. The van der Waals surface area contributed by atoms with E-state index in [1.807, 2.05) is 36.4 Å². The van der Waals surface area contributed by atoms with Crippen LogP contribution >= 0.6 is 0 Å². The highest BCUT2D eigenvalue weighted by atomic mass is 32.2. The van der Waals surface area contributed by atoms with Gasteiger partial charge in [0, 0.05) is 13.1 Å². The summed E-state index contributed by atoms with van der Waals surface area (Å²) in [5, 5.41) is 2.07. The van der Waals surface area contributed by atoms with Crippen LogP contribution in [0, 0.1) is 0 Å². The van der Waals surface area contributed by atoms with Crippen molar-refractivity contribution in [2.75, 3.05) is 19.7 Å². The minimum absolute atomic E-state index is 0.342. The molecule has 0 unspecified atom stereocenters. The van der Waals surface area contributed by atoms with Crippen molar-refractivity contribution >= 4 is 26.9 Å². The normalized spacial score (nSPS) is 16.0. The molecule has 24 heavy (non-hydrogen) atoms. The lowest BCUT2D eigenvalue weighted by molar-refractivity contribution is -0.121. The second kappa shape index (κ2) is 7.19. The molecule has 1 aliphatic heterocycles. The Balaban J connectivity index is 1.58. The van der Waals surface area contributed by atoms with E-state index in [-0.39, 0.29) is 6.61 Å². The lowest BCUT2D eigenvalue weighted by Gasteiger charge is -2.25. The predicted octanol–water partition coefficient (Wildman–Crippen LogP) is 2.07. The predicted molar refractivity (Wildman–Crippen MR) is 91.9 cm³/mol. The van der Waals surface area contributed by atoms with Gasteiger partial charge in [-0.05, 0) is 35.7 Å². The molecular weight excluding hydrogens is 328 g/mol. The molecule has 0 bridgehead atoms. The molecule has 3 rings (SSSR count). The number of hydrogen-bond acceptors (Lipinski definition) is 4. The Hall–Kier alpha value is -2.12. The van der Waals surface area contributed by atoms with E-state index in [4.69, 9.17) is 4.74 Å². The van der Waals surface area contributed by atoms with Crippen molar-refractivity contribution in [1.82, 2.24) is 9.03 Å². The Morgan fingerprint density at radius 3 is 2.50 bits per heavy atom. The molecule has 128 valence electrons. The maximum atomic E-state index is 12.1. The van der Waals surface area contributed by atoms with Crippen molar-refractivity contribution < 1.29 is 17.9 Å². The van der Waals surface area contributed by atoms with Gasteiger partial charge in [0.15, 0.2) is 6.61 Å². The molecule has 0 saturated carbocycles. The number of benzene rings is 2. The van der Waals surface area contributed by atoms with E-state index < -0.39 is 16.1 Å². The average molecular weight is 348 g/mol. The number of rotatable bonds is 5. The van der Waals surface area contributed by atoms with Crippen molar-refractivity contribution in [2.45, 2.75) is 19.3 Å². The van der Waals surface area contributed by atoms with Crippen LogP contribution in [0.25, 0.3) is 10.8 Å². The van der Waals surface area contributed by atoms with Crippen LogP contribution in [-0.2, 0) is 15.0 Å². The number of piperidine rings is 1. The summed E-state index contributed by atoms with van der Waals surface area (Å²) >= 11 is 0. The first-order valence-electron chi connectivity index (χ1n) is 7.97. The summed E-state index contributed by atoms with van der Waals surface area (Å²) in [6.45, 7) is 0.563. The molecule has 1 amide bonds. The van der Waals surface area contributed by atoms with Gasteiger partial charge in [-0.1, -0.05) is 36.8 Å². The third kappa shape index (κ3) is 4.04. The van der Waals surface area contributed by atoms with E-state index in [1.54, 1.807) is 6.07 Å². The largest absolute Gasteiger partial charge is 0.484 e. The quantitative estimate of drug-likeness (QED) is 0.897. The van der Waals surface area contributed by atoms with Crippen molar-refractivity contribution in [3.63, 3.8) is 0 Å². The summed E-state index contributed by atoms with van der Waals surface area (Å²) in [6, 6.07) is 13.3. The van der Waals surface area contributed by atoms with Crippen LogP contribution in [0.2, 0.25) is 0 Å². The number of carbonyl (C=O) groups excluding carboxylic acids is 1. The van der Waals surface area contributed by atoms with Crippen LogP contribution in [0.5, 0.6) is 5.75 Å². The van der Waals surface area contributed by atoms with E-state index >= 15 is 0 Å². The molecule has 6 nitrogen and oxygen atoms in total. The number of ether oxygens (including phenoxy) is 1. The number of nitrogens with zero attached hydrogens (tertiary/aromatic N) is 1. The topological polar surface area (TPSA) is 75.7 Å². The molecule has 0 radical (unpaired) electrons. The molecule has 0 aromatic heterocycles. The lowest BCUT2D eigenvalue weighted by atomic mass is 10.1. The second-order valence-electron chi connectivity index (χ2n) is 5.79. The number of carbonyl (C=O) groups is 1. The summed E-state index contributed by atoms with van der Waals surface area (Å²) in [7, 11) is -3.77. The minimum Gasteiger partial charge on any atom is -0.484 e. The second-order valence-corrected chi connectivity index (χ2v) is 7.46. The fourth-order valence-electron chi connectivity index (χ4n) is 2.75. The molecule has 1 heterocycles. The summed E-state index contributed by atoms with van der Waals surface area (Å²) < 4.78 is 33.0. The van der Waals surface area contributed by atoms with Crippen molar-refractivity contribution in [3.05, 3.63) is 42.5 Å². The van der Waals surface area contributed by atoms with Crippen LogP contribution in [0.4, 0.5) is 0 Å². The van der Waals surface area contributed by atoms with Gasteiger partial charge in [-0.3, -0.25) is 4.79 Å². The summed E-state index contributed by atoms with van der Waals surface area (Å²) in [5.74, 6) is -0.145. The Labute approximate surface area is 141 Å². The maximum absolute atomic E-state index is 12.1. The van der Waals surface area contributed by atoms with E-state index in [1.165, 1.54) is 4.31 Å². The molecule has 1 fully saturated rings. The zero-order valence-electron chi connectivity index (χ0n) is 13.3. The van der Waals surface area contributed by atoms with Crippen LogP contribution in [0.15, 0.2) is 42.5 Å². The van der Waals surface area contributed by atoms with Crippen molar-refractivity contribution in [2.24, 2.45) is 0 Å². The minimum atomic E-state index is -3.77. The van der Waals surface area contributed by atoms with E-state index in [2.05, 4.69) is 4.72 Å². The van der Waals surface area contributed by atoms with Gasteiger partial charge in [0.05, 0.1) is 0 Å². The smallest absolute Gasteiger partial charge is 0.303 e. The third-order valence-electron chi connectivity index (χ3n) is 3.99. The van der Waals surface area contributed by atoms with Crippen molar-refractivity contribution in [3.8, 4) is 5.75 Å². The maximum Gasteiger partial charge on any atom is 0.303 e. The summed E-state index contributed by atoms with van der Waals surface area (Å²) in [6.07, 6.45) is 2.66. The monoisotopic (exact) mass is 348 g/mol. The highest BCUT2D eigenvalue weighted by Gasteiger charge is 2.25. The van der Waals surface area contributed by atoms with Crippen LogP contribution in [0.3, 0.4) is 0 Å². The summed E-state index contributed by atoms with van der Waals surface area (Å²) in [5.41, 5.74) is 0. The molecule has 1 aliphatic rings. The standard InChI is InChI=1S/C17H20N2O4S/c20-17(18-24(21,22)19-10-4-1-5-11-19)13-23-16-9-8-14-6-2-3-7-15(14)12-16/h2-3,6-9,12H,1,4-5,10-11,13H2,(H,18,20). The van der Waals surface area contributed by atoms with Gasteiger partial charge in [-0.25, -0.2) is 4.72 Å². The molecule has 7 heteroatoms. The van der Waals surface area contributed by atoms with Gasteiger partial charge in [-0.15, -0.1) is 0 Å².